The van der Waals surface area contributed by atoms with Gasteiger partial charge in [-0.05, 0) is 18.6 Å². The van der Waals surface area contributed by atoms with Crippen LogP contribution in [0, 0.1) is 0 Å². The van der Waals surface area contributed by atoms with Crippen molar-refractivity contribution in [1.82, 2.24) is 0 Å². The molecule has 18 heavy (non-hydrogen) atoms. The Hall–Kier alpha value is -1.42. The molecule has 4 nitrogen and oxygen atoms in total. The molecule has 0 bridgehead atoms. The smallest absolute Gasteiger partial charge is 0.246 e. The minimum absolute atomic E-state index is 0.309. The van der Waals surface area contributed by atoms with E-state index in [1.165, 1.54) is 0 Å². The van der Waals surface area contributed by atoms with Gasteiger partial charge >= 0.3 is 0 Å². The molecular weight excluding hydrogens is 230 g/mol. The maximum Gasteiger partial charge on any atom is 0.246 e. The molecule has 0 aliphatic carbocycles. The first-order valence-corrected chi connectivity index (χ1v) is 6.31. The Labute approximate surface area is 108 Å². The third-order valence-electron chi connectivity index (χ3n) is 2.89. The Morgan fingerprint density at radius 3 is 2.67 bits per heavy atom. The number of methoxy groups -OCH3 is 1. The third kappa shape index (κ3) is 2.88. The lowest BCUT2D eigenvalue weighted by Gasteiger charge is -2.17. The normalized spacial score (nSPS) is 17.6. The fourth-order valence-corrected chi connectivity index (χ4v) is 2.01. The van der Waals surface area contributed by atoms with Gasteiger partial charge in [-0.15, -0.1) is 0 Å². The summed E-state index contributed by atoms with van der Waals surface area (Å²) in [7, 11) is 1.71. The number of ether oxygens (including phenoxy) is 3. The monoisotopic (exact) mass is 251 g/mol. The first-order valence-electron chi connectivity index (χ1n) is 6.31. The summed E-state index contributed by atoms with van der Waals surface area (Å²) in [5.74, 6) is 1.01. The standard InChI is InChI=1S/C14H21NO3/c1-5-10(9-16-4)15-11-6-7-12-13(8-11)18-14(2,3)17-12/h6-8,10,15H,5,9H2,1-4H3. The lowest BCUT2D eigenvalue weighted by atomic mass is 10.2. The molecule has 0 saturated heterocycles. The summed E-state index contributed by atoms with van der Waals surface area (Å²) in [6, 6.07) is 6.22. The van der Waals surface area contributed by atoms with Gasteiger partial charge in [0.1, 0.15) is 0 Å². The van der Waals surface area contributed by atoms with E-state index in [9.17, 15) is 0 Å². The number of benzene rings is 1. The summed E-state index contributed by atoms with van der Waals surface area (Å²) >= 11 is 0. The van der Waals surface area contributed by atoms with Crippen LogP contribution in [-0.4, -0.2) is 25.5 Å². The fraction of sp³-hybridized carbons (Fsp3) is 0.571. The molecular formula is C14H21NO3. The highest BCUT2D eigenvalue weighted by molar-refractivity contribution is 5.56. The number of fused-ring (bicyclic) bond motifs is 1. The van der Waals surface area contributed by atoms with E-state index in [2.05, 4.69) is 12.2 Å². The summed E-state index contributed by atoms with van der Waals surface area (Å²) in [5, 5.41) is 3.43. The van der Waals surface area contributed by atoms with Gasteiger partial charge in [-0.3, -0.25) is 0 Å². The Bertz CT molecular complexity index is 418. The first kappa shape index (κ1) is 13.0. The maximum absolute atomic E-state index is 5.72. The average molecular weight is 251 g/mol. The van der Waals surface area contributed by atoms with Crippen LogP contribution in [-0.2, 0) is 4.74 Å². The van der Waals surface area contributed by atoms with Crippen molar-refractivity contribution >= 4 is 5.69 Å². The molecule has 0 saturated carbocycles. The lowest BCUT2D eigenvalue weighted by Crippen LogP contribution is -2.29. The Morgan fingerprint density at radius 1 is 1.28 bits per heavy atom. The summed E-state index contributed by atoms with van der Waals surface area (Å²) in [6.45, 7) is 6.63. The van der Waals surface area contributed by atoms with Crippen LogP contribution in [0.3, 0.4) is 0 Å². The predicted molar refractivity (Wildman–Crippen MR) is 71.4 cm³/mol. The van der Waals surface area contributed by atoms with E-state index in [0.717, 1.165) is 23.6 Å². The van der Waals surface area contributed by atoms with E-state index in [1.807, 2.05) is 32.0 Å². The second-order valence-corrected chi connectivity index (χ2v) is 4.97. The van der Waals surface area contributed by atoms with Gasteiger partial charge < -0.3 is 19.5 Å². The maximum atomic E-state index is 5.72. The molecule has 0 fully saturated rings. The van der Waals surface area contributed by atoms with E-state index in [4.69, 9.17) is 14.2 Å². The first-order chi connectivity index (χ1) is 8.54. The largest absolute Gasteiger partial charge is 0.449 e. The molecule has 1 aliphatic rings. The number of hydrogen-bond acceptors (Lipinski definition) is 4. The van der Waals surface area contributed by atoms with Crippen LogP contribution in [0.25, 0.3) is 0 Å². The molecule has 4 heteroatoms. The van der Waals surface area contributed by atoms with Gasteiger partial charge in [-0.1, -0.05) is 6.92 Å². The van der Waals surface area contributed by atoms with Crippen molar-refractivity contribution < 1.29 is 14.2 Å². The molecule has 0 radical (unpaired) electrons. The lowest BCUT2D eigenvalue weighted by molar-refractivity contribution is -0.0431. The average Bonchev–Trinajstić information content (AvgIpc) is 2.61. The number of hydrogen-bond donors (Lipinski definition) is 1. The molecule has 1 aliphatic heterocycles. The minimum Gasteiger partial charge on any atom is -0.449 e. The highest BCUT2D eigenvalue weighted by atomic mass is 16.7. The second kappa shape index (κ2) is 5.06. The third-order valence-corrected chi connectivity index (χ3v) is 2.89. The molecule has 1 aromatic carbocycles. The summed E-state index contributed by atoms with van der Waals surface area (Å²) in [4.78, 5) is 0. The number of anilines is 1. The molecule has 1 unspecified atom stereocenters. The van der Waals surface area contributed by atoms with Crippen molar-refractivity contribution in [2.24, 2.45) is 0 Å². The molecule has 0 amide bonds. The van der Waals surface area contributed by atoms with Crippen molar-refractivity contribution in [2.75, 3.05) is 19.0 Å². The predicted octanol–water partition coefficient (Wildman–Crippen LogP) is 3.03. The molecule has 1 N–H and O–H groups in total. The summed E-state index contributed by atoms with van der Waals surface area (Å²) in [6.07, 6.45) is 1.01. The van der Waals surface area contributed by atoms with Gasteiger partial charge in [0, 0.05) is 38.8 Å². The molecule has 1 heterocycles. The van der Waals surface area contributed by atoms with Gasteiger partial charge in [0.15, 0.2) is 11.5 Å². The number of nitrogens with one attached hydrogen (secondary N) is 1. The van der Waals surface area contributed by atoms with Crippen molar-refractivity contribution in [3.05, 3.63) is 18.2 Å². The Balaban J connectivity index is 2.09. The topological polar surface area (TPSA) is 39.7 Å². The van der Waals surface area contributed by atoms with E-state index in [1.54, 1.807) is 7.11 Å². The van der Waals surface area contributed by atoms with Crippen LogP contribution in [0.1, 0.15) is 27.2 Å². The Kier molecular flexibility index (Phi) is 3.66. The zero-order valence-electron chi connectivity index (χ0n) is 11.4. The Morgan fingerprint density at radius 2 is 2.00 bits per heavy atom. The van der Waals surface area contributed by atoms with Gasteiger partial charge in [0.05, 0.1) is 6.61 Å². The highest BCUT2D eigenvalue weighted by Gasteiger charge is 2.31. The van der Waals surface area contributed by atoms with Crippen molar-refractivity contribution in [3.63, 3.8) is 0 Å². The van der Waals surface area contributed by atoms with E-state index >= 15 is 0 Å². The quantitative estimate of drug-likeness (QED) is 0.873. The SMILES string of the molecule is CCC(COC)Nc1ccc2c(c1)OC(C)(C)O2. The van der Waals surface area contributed by atoms with Crippen LogP contribution in [0.4, 0.5) is 5.69 Å². The van der Waals surface area contributed by atoms with E-state index in [0.29, 0.717) is 12.6 Å². The molecule has 100 valence electrons. The van der Waals surface area contributed by atoms with Crippen LogP contribution in [0.5, 0.6) is 11.5 Å². The zero-order valence-corrected chi connectivity index (χ0v) is 11.4. The van der Waals surface area contributed by atoms with Crippen LogP contribution in [0.15, 0.2) is 18.2 Å². The molecule has 1 aromatic rings. The van der Waals surface area contributed by atoms with Gasteiger partial charge in [0.2, 0.25) is 5.79 Å². The van der Waals surface area contributed by atoms with Crippen molar-refractivity contribution in [1.29, 1.82) is 0 Å². The van der Waals surface area contributed by atoms with Gasteiger partial charge in [0.25, 0.3) is 0 Å². The van der Waals surface area contributed by atoms with E-state index < -0.39 is 5.79 Å². The van der Waals surface area contributed by atoms with Crippen LogP contribution in [0.2, 0.25) is 0 Å². The van der Waals surface area contributed by atoms with Crippen LogP contribution < -0.4 is 14.8 Å². The number of rotatable bonds is 5. The highest BCUT2D eigenvalue weighted by Crippen LogP contribution is 2.40. The molecule has 1 atom stereocenters. The van der Waals surface area contributed by atoms with E-state index in [-0.39, 0.29) is 0 Å². The van der Waals surface area contributed by atoms with Gasteiger partial charge in [-0.25, -0.2) is 0 Å². The minimum atomic E-state index is -0.572. The second-order valence-electron chi connectivity index (χ2n) is 4.97. The zero-order chi connectivity index (χ0) is 13.2. The molecule has 0 spiro atoms. The fourth-order valence-electron chi connectivity index (χ4n) is 2.01. The van der Waals surface area contributed by atoms with Crippen molar-refractivity contribution in [2.45, 2.75) is 39.0 Å². The molecule has 0 aromatic heterocycles. The van der Waals surface area contributed by atoms with Gasteiger partial charge in [-0.2, -0.15) is 0 Å². The molecule has 2 rings (SSSR count). The van der Waals surface area contributed by atoms with Crippen LogP contribution >= 0.6 is 0 Å². The summed E-state index contributed by atoms with van der Waals surface area (Å²) < 4.78 is 16.5. The van der Waals surface area contributed by atoms with Crippen molar-refractivity contribution in [3.8, 4) is 11.5 Å². The summed E-state index contributed by atoms with van der Waals surface area (Å²) in [5.41, 5.74) is 1.03.